The fraction of sp³-hybridized carbons (Fsp3) is 0.579. The molecule has 1 aliphatic rings. The third kappa shape index (κ3) is 5.70. The van der Waals surface area contributed by atoms with Gasteiger partial charge in [-0.1, -0.05) is 29.3 Å². The predicted octanol–water partition coefficient (Wildman–Crippen LogP) is 4.63. The number of hydrogen-bond donors (Lipinski definition) is 0. The van der Waals surface area contributed by atoms with Crippen molar-refractivity contribution in [3.05, 3.63) is 33.8 Å². The van der Waals surface area contributed by atoms with Crippen LogP contribution in [0.5, 0.6) is 0 Å². The van der Waals surface area contributed by atoms with Crippen molar-refractivity contribution >= 4 is 35.0 Å². The summed E-state index contributed by atoms with van der Waals surface area (Å²) in [4.78, 5) is 24.5. The van der Waals surface area contributed by atoms with Gasteiger partial charge in [-0.25, -0.2) is 0 Å². The van der Waals surface area contributed by atoms with E-state index in [1.807, 2.05) is 0 Å². The number of ketones is 1. The lowest BCUT2D eigenvalue weighted by atomic mass is 9.67. The summed E-state index contributed by atoms with van der Waals surface area (Å²) < 4.78 is 10.3. The Balaban J connectivity index is 2.07. The number of carbonyl (C=O) groups is 2. The van der Waals surface area contributed by atoms with Gasteiger partial charge in [0.05, 0.1) is 19.6 Å². The van der Waals surface area contributed by atoms with Gasteiger partial charge in [-0.2, -0.15) is 0 Å². The fourth-order valence-electron chi connectivity index (χ4n) is 3.59. The molecule has 0 atom stereocenters. The first-order valence-electron chi connectivity index (χ1n) is 8.43. The van der Waals surface area contributed by atoms with Crippen LogP contribution in [0.15, 0.2) is 18.2 Å². The van der Waals surface area contributed by atoms with Crippen LogP contribution in [0, 0.1) is 5.41 Å². The third-order valence-electron chi connectivity index (χ3n) is 5.05. The van der Waals surface area contributed by atoms with Crippen LogP contribution in [-0.4, -0.2) is 32.1 Å². The van der Waals surface area contributed by atoms with Crippen molar-refractivity contribution in [3.8, 4) is 0 Å². The topological polar surface area (TPSA) is 52.6 Å². The first kappa shape index (κ1) is 20.2. The van der Waals surface area contributed by atoms with E-state index in [1.54, 1.807) is 25.3 Å². The van der Waals surface area contributed by atoms with Crippen molar-refractivity contribution in [1.82, 2.24) is 0 Å². The lowest BCUT2D eigenvalue weighted by Gasteiger charge is -2.38. The summed E-state index contributed by atoms with van der Waals surface area (Å²) in [6.45, 7) is 0. The highest BCUT2D eigenvalue weighted by Gasteiger charge is 2.39. The van der Waals surface area contributed by atoms with Crippen LogP contribution in [0.4, 0.5) is 0 Å². The third-order valence-corrected chi connectivity index (χ3v) is 5.64. The maximum absolute atomic E-state index is 12.7. The largest absolute Gasteiger partial charge is 0.469 e. The molecular weight excluding hydrogens is 363 g/mol. The van der Waals surface area contributed by atoms with Gasteiger partial charge in [-0.3, -0.25) is 9.59 Å². The Labute approximate surface area is 158 Å². The van der Waals surface area contributed by atoms with E-state index in [4.69, 9.17) is 32.7 Å². The second-order valence-corrected chi connectivity index (χ2v) is 7.66. The fourth-order valence-corrected chi connectivity index (χ4v) is 4.07. The van der Waals surface area contributed by atoms with E-state index in [-0.39, 0.29) is 36.1 Å². The molecule has 0 amide bonds. The normalized spacial score (nSPS) is 23.3. The molecule has 138 valence electrons. The molecule has 1 aliphatic carbocycles. The standard InChI is InChI=1S/C19H24Cl2O4/c1-24-16-5-7-19(8-6-16,12-18(23)25-2)11-15(22)9-13-3-4-14(20)10-17(13)21/h3-4,10,16H,5-9,11-12H2,1-2H3. The predicted molar refractivity (Wildman–Crippen MR) is 98.1 cm³/mol. The average Bonchev–Trinajstić information content (AvgIpc) is 2.58. The minimum Gasteiger partial charge on any atom is -0.469 e. The second kappa shape index (κ2) is 9.02. The molecule has 0 saturated heterocycles. The number of Topliss-reactive ketones (excluding diaryl/α,β-unsaturated/α-hetero) is 1. The molecule has 0 heterocycles. The highest BCUT2D eigenvalue weighted by molar-refractivity contribution is 6.35. The van der Waals surface area contributed by atoms with Gasteiger partial charge in [0.2, 0.25) is 0 Å². The first-order chi connectivity index (χ1) is 11.9. The maximum atomic E-state index is 12.7. The highest BCUT2D eigenvalue weighted by Crippen LogP contribution is 2.43. The number of esters is 1. The first-order valence-corrected chi connectivity index (χ1v) is 9.18. The Morgan fingerprint density at radius 1 is 1.16 bits per heavy atom. The Kier molecular flexibility index (Phi) is 7.29. The zero-order valence-electron chi connectivity index (χ0n) is 14.6. The molecule has 0 aromatic heterocycles. The molecule has 0 unspecified atom stereocenters. The maximum Gasteiger partial charge on any atom is 0.306 e. The summed E-state index contributed by atoms with van der Waals surface area (Å²) in [5, 5.41) is 1.03. The van der Waals surface area contributed by atoms with E-state index < -0.39 is 0 Å². The van der Waals surface area contributed by atoms with Crippen LogP contribution in [0.3, 0.4) is 0 Å². The van der Waals surface area contributed by atoms with E-state index >= 15 is 0 Å². The molecule has 0 spiro atoms. The molecule has 0 aliphatic heterocycles. The van der Waals surface area contributed by atoms with Crippen LogP contribution >= 0.6 is 23.2 Å². The molecule has 0 N–H and O–H groups in total. The molecule has 1 fully saturated rings. The van der Waals surface area contributed by atoms with Crippen LogP contribution in [0.1, 0.15) is 44.1 Å². The minimum atomic E-state index is -0.349. The number of methoxy groups -OCH3 is 2. The number of halogens is 2. The monoisotopic (exact) mass is 386 g/mol. The molecule has 1 saturated carbocycles. The number of benzene rings is 1. The zero-order valence-corrected chi connectivity index (χ0v) is 16.2. The highest BCUT2D eigenvalue weighted by atomic mass is 35.5. The molecule has 0 bridgehead atoms. The summed E-state index contributed by atoms with van der Waals surface area (Å²) in [7, 11) is 3.08. The summed E-state index contributed by atoms with van der Waals surface area (Å²) in [6.07, 6.45) is 4.31. The van der Waals surface area contributed by atoms with Crippen LogP contribution in [0.25, 0.3) is 0 Å². The number of rotatable bonds is 7. The summed E-state index contributed by atoms with van der Waals surface area (Å²) in [6, 6.07) is 5.14. The molecule has 1 aromatic carbocycles. The Bertz CT molecular complexity index is 622. The number of hydrogen-bond acceptors (Lipinski definition) is 4. The second-order valence-electron chi connectivity index (χ2n) is 6.82. The number of carbonyl (C=O) groups excluding carboxylic acids is 2. The molecule has 4 nitrogen and oxygen atoms in total. The van der Waals surface area contributed by atoms with E-state index in [0.29, 0.717) is 16.5 Å². The van der Waals surface area contributed by atoms with Crippen molar-refractivity contribution in [2.24, 2.45) is 5.41 Å². The van der Waals surface area contributed by atoms with E-state index in [1.165, 1.54) is 7.11 Å². The lowest BCUT2D eigenvalue weighted by molar-refractivity contribution is -0.145. The van der Waals surface area contributed by atoms with Crippen molar-refractivity contribution in [3.63, 3.8) is 0 Å². The SMILES string of the molecule is COC(=O)CC1(CC(=O)Cc2ccc(Cl)cc2Cl)CCC(OC)CC1. The van der Waals surface area contributed by atoms with E-state index in [0.717, 1.165) is 31.2 Å². The quantitative estimate of drug-likeness (QED) is 0.640. The van der Waals surface area contributed by atoms with Crippen molar-refractivity contribution in [1.29, 1.82) is 0 Å². The van der Waals surface area contributed by atoms with Crippen molar-refractivity contribution < 1.29 is 19.1 Å². The van der Waals surface area contributed by atoms with Gasteiger partial charge in [0, 0.05) is 30.0 Å². The van der Waals surface area contributed by atoms with Gasteiger partial charge < -0.3 is 9.47 Å². The Morgan fingerprint density at radius 3 is 2.40 bits per heavy atom. The molecule has 0 radical (unpaired) electrons. The van der Waals surface area contributed by atoms with Gasteiger partial charge in [-0.05, 0) is 48.8 Å². The summed E-state index contributed by atoms with van der Waals surface area (Å²) in [5.74, 6) is -0.197. The van der Waals surface area contributed by atoms with E-state index in [9.17, 15) is 9.59 Å². The van der Waals surface area contributed by atoms with Crippen LogP contribution in [-0.2, 0) is 25.5 Å². The smallest absolute Gasteiger partial charge is 0.306 e. The summed E-state index contributed by atoms with van der Waals surface area (Å²) >= 11 is 12.1. The molecule has 1 aromatic rings. The molecule has 2 rings (SSSR count). The van der Waals surface area contributed by atoms with Crippen molar-refractivity contribution in [2.75, 3.05) is 14.2 Å². The zero-order chi connectivity index (χ0) is 18.4. The van der Waals surface area contributed by atoms with Crippen LogP contribution in [0.2, 0.25) is 10.0 Å². The van der Waals surface area contributed by atoms with Gasteiger partial charge in [-0.15, -0.1) is 0 Å². The molecule has 6 heteroatoms. The average molecular weight is 387 g/mol. The van der Waals surface area contributed by atoms with Gasteiger partial charge >= 0.3 is 5.97 Å². The van der Waals surface area contributed by atoms with Crippen molar-refractivity contribution in [2.45, 2.75) is 51.0 Å². The lowest BCUT2D eigenvalue weighted by Crippen LogP contribution is -2.35. The number of ether oxygens (including phenoxy) is 2. The molecular formula is C19H24Cl2O4. The van der Waals surface area contributed by atoms with E-state index in [2.05, 4.69) is 0 Å². The Hall–Kier alpha value is -1.10. The van der Waals surface area contributed by atoms with Crippen LogP contribution < -0.4 is 0 Å². The minimum absolute atomic E-state index is 0.0731. The Morgan fingerprint density at radius 2 is 1.84 bits per heavy atom. The summed E-state index contributed by atoms with van der Waals surface area (Å²) in [5.41, 5.74) is 0.410. The van der Waals surface area contributed by atoms with Gasteiger partial charge in [0.15, 0.2) is 0 Å². The van der Waals surface area contributed by atoms with Gasteiger partial charge in [0.1, 0.15) is 5.78 Å². The molecule has 25 heavy (non-hydrogen) atoms. The van der Waals surface area contributed by atoms with Gasteiger partial charge in [0.25, 0.3) is 0 Å².